The minimum Gasteiger partial charge on any atom is -0.496 e. The van der Waals surface area contributed by atoms with Crippen molar-refractivity contribution in [3.05, 3.63) is 58.7 Å². The molecule has 0 aliphatic carbocycles. The minimum absolute atomic E-state index is 0.117. The molecule has 1 heterocycles. The fraction of sp³-hybridized carbons (Fsp3) is 0.190. The fourth-order valence-electron chi connectivity index (χ4n) is 3.17. The predicted molar refractivity (Wildman–Crippen MR) is 112 cm³/mol. The van der Waals surface area contributed by atoms with Crippen molar-refractivity contribution in [2.45, 2.75) is 13.1 Å². The average molecular weight is 450 g/mol. The molecule has 2 aromatic carbocycles. The summed E-state index contributed by atoms with van der Waals surface area (Å²) in [6.45, 7) is 1.74. The van der Waals surface area contributed by atoms with Crippen LogP contribution in [0, 0.1) is 6.92 Å². The largest absolute Gasteiger partial charge is 0.496 e. The fourth-order valence-corrected chi connectivity index (χ4v) is 3.45. The predicted octanol–water partition coefficient (Wildman–Crippen LogP) is 3.86. The van der Waals surface area contributed by atoms with Crippen LogP contribution < -0.4 is 19.7 Å². The summed E-state index contributed by atoms with van der Waals surface area (Å²) in [6.07, 6.45) is -3.31. The molecule has 0 bridgehead atoms. The highest BCUT2D eigenvalue weighted by atomic mass is 32.1. The van der Waals surface area contributed by atoms with Crippen molar-refractivity contribution in [1.82, 2.24) is 5.32 Å². The Hall–Kier alpha value is -3.40. The maximum atomic E-state index is 13.1. The third kappa shape index (κ3) is 4.24. The van der Waals surface area contributed by atoms with E-state index in [4.69, 9.17) is 21.7 Å². The summed E-state index contributed by atoms with van der Waals surface area (Å²) in [6, 6.07) is 7.36. The summed E-state index contributed by atoms with van der Waals surface area (Å²) >= 11 is 5.04. The normalized spacial score (nSPS) is 15.9. The second kappa shape index (κ2) is 8.38. The second-order valence-corrected chi connectivity index (χ2v) is 6.91. The van der Waals surface area contributed by atoms with Crippen LogP contribution in [-0.4, -0.2) is 31.1 Å². The maximum absolute atomic E-state index is 13.1. The van der Waals surface area contributed by atoms with Crippen LogP contribution in [0.3, 0.4) is 0 Å². The Kier molecular flexibility index (Phi) is 6.03. The van der Waals surface area contributed by atoms with Crippen LogP contribution in [-0.2, 0) is 15.8 Å². The van der Waals surface area contributed by atoms with Crippen LogP contribution in [0.2, 0.25) is 0 Å². The van der Waals surface area contributed by atoms with Crippen LogP contribution in [0.4, 0.5) is 18.9 Å². The van der Waals surface area contributed by atoms with E-state index in [-0.39, 0.29) is 16.4 Å². The Bertz CT molecular complexity index is 1110. The molecule has 1 aliphatic rings. The lowest BCUT2D eigenvalue weighted by molar-refractivity contribution is -0.137. The molecule has 10 heteroatoms. The highest BCUT2D eigenvalue weighted by Crippen LogP contribution is 2.35. The lowest BCUT2D eigenvalue weighted by Crippen LogP contribution is -2.54. The number of ether oxygens (including phenoxy) is 2. The number of hydrogen-bond acceptors (Lipinski definition) is 5. The number of nitrogens with one attached hydrogen (secondary N) is 1. The highest BCUT2D eigenvalue weighted by Gasteiger charge is 2.36. The molecule has 0 saturated carbocycles. The third-order valence-electron chi connectivity index (χ3n) is 4.64. The van der Waals surface area contributed by atoms with Crippen molar-refractivity contribution < 1.29 is 32.2 Å². The van der Waals surface area contributed by atoms with Crippen molar-refractivity contribution in [3.8, 4) is 11.5 Å². The van der Waals surface area contributed by atoms with Crippen LogP contribution in [0.15, 0.2) is 42.0 Å². The van der Waals surface area contributed by atoms with Gasteiger partial charge in [-0.3, -0.25) is 19.8 Å². The first-order chi connectivity index (χ1) is 14.6. The molecule has 1 aliphatic heterocycles. The van der Waals surface area contributed by atoms with E-state index in [0.717, 1.165) is 23.1 Å². The van der Waals surface area contributed by atoms with E-state index >= 15 is 0 Å². The van der Waals surface area contributed by atoms with E-state index in [9.17, 15) is 22.8 Å². The summed E-state index contributed by atoms with van der Waals surface area (Å²) in [5, 5.41) is 2.03. The molecule has 1 fully saturated rings. The molecule has 31 heavy (non-hydrogen) atoms. The Balaban J connectivity index is 2.08. The number of rotatable bonds is 4. The van der Waals surface area contributed by atoms with Gasteiger partial charge in [-0.05, 0) is 55.5 Å². The number of benzene rings is 2. The number of methoxy groups -OCH3 is 2. The first-order valence-electron chi connectivity index (χ1n) is 8.88. The number of nitrogens with zero attached hydrogens (tertiary/aromatic N) is 1. The molecule has 0 spiro atoms. The molecule has 162 valence electrons. The number of alkyl halides is 3. The van der Waals surface area contributed by atoms with Gasteiger partial charge in [0, 0.05) is 11.1 Å². The molecule has 2 amide bonds. The standard InChI is InChI=1S/C21H17F3N2O4S/c1-11-16(29-2)8-7-12(17(11)30-3)9-15-18(27)25-20(31)26(19(15)28)14-6-4-5-13(10-14)21(22,23)24/h4-10H,1-3H3,(H,25,27,31)/b15-9+. The maximum Gasteiger partial charge on any atom is 0.416 e. The zero-order valence-corrected chi connectivity index (χ0v) is 17.5. The molecular formula is C21H17F3N2O4S. The zero-order chi connectivity index (χ0) is 22.9. The molecule has 3 rings (SSSR count). The smallest absolute Gasteiger partial charge is 0.416 e. The van der Waals surface area contributed by atoms with E-state index in [0.29, 0.717) is 22.6 Å². The summed E-state index contributed by atoms with van der Waals surface area (Å²) in [5.41, 5.74) is -0.317. The Labute approximate surface area is 181 Å². The van der Waals surface area contributed by atoms with Crippen LogP contribution in [0.5, 0.6) is 11.5 Å². The Morgan fingerprint density at radius 3 is 2.42 bits per heavy atom. The first kappa shape index (κ1) is 22.3. The number of halogens is 3. The number of thiocarbonyl (C=S) groups is 1. The number of amides is 2. The van der Waals surface area contributed by atoms with Crippen molar-refractivity contribution in [3.63, 3.8) is 0 Å². The van der Waals surface area contributed by atoms with Gasteiger partial charge in [-0.1, -0.05) is 6.07 Å². The van der Waals surface area contributed by atoms with E-state index in [1.54, 1.807) is 19.1 Å². The summed E-state index contributed by atoms with van der Waals surface area (Å²) in [4.78, 5) is 26.4. The van der Waals surface area contributed by atoms with Crippen molar-refractivity contribution in [2.24, 2.45) is 0 Å². The molecule has 6 nitrogen and oxygen atoms in total. The number of carbonyl (C=O) groups excluding carboxylic acids is 2. The summed E-state index contributed by atoms with van der Waals surface area (Å²) in [7, 11) is 2.92. The van der Waals surface area contributed by atoms with E-state index < -0.39 is 23.6 Å². The van der Waals surface area contributed by atoms with Gasteiger partial charge in [0.2, 0.25) is 0 Å². The topological polar surface area (TPSA) is 67.9 Å². The van der Waals surface area contributed by atoms with Crippen molar-refractivity contribution in [2.75, 3.05) is 19.1 Å². The Morgan fingerprint density at radius 2 is 1.81 bits per heavy atom. The number of anilines is 1. The highest BCUT2D eigenvalue weighted by molar-refractivity contribution is 7.80. The molecule has 0 unspecified atom stereocenters. The van der Waals surface area contributed by atoms with E-state index in [1.165, 1.54) is 26.4 Å². The third-order valence-corrected chi connectivity index (χ3v) is 4.93. The number of hydrogen-bond donors (Lipinski definition) is 1. The first-order valence-corrected chi connectivity index (χ1v) is 9.29. The minimum atomic E-state index is -4.60. The van der Waals surface area contributed by atoms with Gasteiger partial charge in [0.25, 0.3) is 11.8 Å². The van der Waals surface area contributed by atoms with Gasteiger partial charge in [0.1, 0.15) is 17.1 Å². The van der Waals surface area contributed by atoms with Gasteiger partial charge in [0.15, 0.2) is 5.11 Å². The molecular weight excluding hydrogens is 433 g/mol. The molecule has 1 N–H and O–H groups in total. The average Bonchev–Trinajstić information content (AvgIpc) is 2.70. The van der Waals surface area contributed by atoms with Crippen molar-refractivity contribution in [1.29, 1.82) is 0 Å². The molecule has 0 radical (unpaired) electrons. The quantitative estimate of drug-likeness (QED) is 0.435. The lowest BCUT2D eigenvalue weighted by Gasteiger charge is -2.29. The number of carbonyl (C=O) groups is 2. The second-order valence-electron chi connectivity index (χ2n) is 6.52. The molecule has 2 aromatic rings. The van der Waals surface area contributed by atoms with Gasteiger partial charge in [-0.2, -0.15) is 13.2 Å². The molecule has 0 atom stereocenters. The lowest BCUT2D eigenvalue weighted by atomic mass is 10.0. The SMILES string of the molecule is COc1ccc(/C=C2\C(=O)NC(=S)N(c3cccc(C(F)(F)F)c3)C2=O)c(OC)c1C. The monoisotopic (exact) mass is 450 g/mol. The zero-order valence-electron chi connectivity index (χ0n) is 16.7. The van der Waals surface area contributed by atoms with Crippen LogP contribution in [0.1, 0.15) is 16.7 Å². The van der Waals surface area contributed by atoms with Crippen LogP contribution >= 0.6 is 12.2 Å². The van der Waals surface area contributed by atoms with Gasteiger partial charge in [0.05, 0.1) is 25.5 Å². The molecule has 1 saturated heterocycles. The van der Waals surface area contributed by atoms with Gasteiger partial charge in [-0.25, -0.2) is 0 Å². The summed E-state index contributed by atoms with van der Waals surface area (Å²) in [5.74, 6) is -0.700. The Morgan fingerprint density at radius 1 is 1.10 bits per heavy atom. The summed E-state index contributed by atoms with van der Waals surface area (Å²) < 4.78 is 49.9. The van der Waals surface area contributed by atoms with Crippen LogP contribution in [0.25, 0.3) is 6.08 Å². The van der Waals surface area contributed by atoms with E-state index in [2.05, 4.69) is 5.32 Å². The molecule has 0 aromatic heterocycles. The van der Waals surface area contributed by atoms with Gasteiger partial charge >= 0.3 is 6.18 Å². The van der Waals surface area contributed by atoms with Gasteiger partial charge < -0.3 is 9.47 Å². The van der Waals surface area contributed by atoms with Crippen molar-refractivity contribution >= 4 is 40.9 Å². The van der Waals surface area contributed by atoms with E-state index in [1.807, 2.05) is 0 Å². The van der Waals surface area contributed by atoms with Gasteiger partial charge in [-0.15, -0.1) is 0 Å².